The Morgan fingerprint density at radius 1 is 1.33 bits per heavy atom. The van der Waals surface area contributed by atoms with Crippen molar-refractivity contribution in [2.75, 3.05) is 7.11 Å². The molecule has 1 aromatic carbocycles. The number of ether oxygens (including phenoxy) is 1. The van der Waals surface area contributed by atoms with E-state index in [2.05, 4.69) is 4.74 Å². The fourth-order valence-electron chi connectivity index (χ4n) is 1.50. The summed E-state index contributed by atoms with van der Waals surface area (Å²) in [5.74, 6) is 0. The predicted octanol–water partition coefficient (Wildman–Crippen LogP) is 3.24. The fourth-order valence-corrected chi connectivity index (χ4v) is 1.63. The summed E-state index contributed by atoms with van der Waals surface area (Å²) in [6.45, 7) is 0. The number of rotatable bonds is 4. The molecule has 1 aromatic rings. The highest BCUT2D eigenvalue weighted by Crippen LogP contribution is 2.34. The van der Waals surface area contributed by atoms with Gasteiger partial charge in [0.15, 0.2) is 6.10 Å². The molecule has 0 N–H and O–H groups in total. The van der Waals surface area contributed by atoms with Crippen LogP contribution >= 0.6 is 11.6 Å². The molecule has 2 unspecified atom stereocenters. The van der Waals surface area contributed by atoms with Crippen molar-refractivity contribution < 1.29 is 22.8 Å². The largest absolute Gasteiger partial charge is 0.460 e. The van der Waals surface area contributed by atoms with Gasteiger partial charge in [-0.1, -0.05) is 23.7 Å². The van der Waals surface area contributed by atoms with Crippen molar-refractivity contribution in [1.82, 2.24) is 0 Å². The Labute approximate surface area is 105 Å². The van der Waals surface area contributed by atoms with Crippen molar-refractivity contribution in [1.29, 1.82) is 0 Å². The minimum atomic E-state index is -5.00. The third-order valence-corrected chi connectivity index (χ3v) is 2.55. The molecule has 0 saturated carbocycles. The lowest BCUT2D eigenvalue weighted by Crippen LogP contribution is -2.42. The first-order valence-corrected chi connectivity index (χ1v) is 5.13. The van der Waals surface area contributed by atoms with Gasteiger partial charge in [0.2, 0.25) is 0 Å². The normalized spacial score (nSPS) is 15.2. The van der Waals surface area contributed by atoms with E-state index < -0.39 is 23.2 Å². The van der Waals surface area contributed by atoms with Crippen LogP contribution in [0.1, 0.15) is 11.7 Å². The minimum absolute atomic E-state index is 0.0425. The number of nitrogens with zero attached hydrogens (tertiary/aromatic N) is 1. The summed E-state index contributed by atoms with van der Waals surface area (Å²) < 4.78 is 42.5. The van der Waals surface area contributed by atoms with E-state index in [0.29, 0.717) is 5.02 Å². The third kappa shape index (κ3) is 3.33. The second-order valence-corrected chi connectivity index (χ2v) is 3.92. The maximum Gasteiger partial charge on any atom is 0.460 e. The van der Waals surface area contributed by atoms with Crippen molar-refractivity contribution in [3.63, 3.8) is 0 Å². The molecule has 0 bridgehead atoms. The van der Waals surface area contributed by atoms with Crippen molar-refractivity contribution in [3.8, 4) is 0 Å². The Morgan fingerprint density at radius 2 is 1.83 bits per heavy atom. The van der Waals surface area contributed by atoms with E-state index in [9.17, 15) is 23.3 Å². The lowest BCUT2D eigenvalue weighted by Gasteiger charge is -2.21. The Balaban J connectivity index is 3.14. The molecule has 0 aliphatic carbocycles. The summed E-state index contributed by atoms with van der Waals surface area (Å²) in [5, 5.41) is 10.9. The molecule has 0 saturated heterocycles. The summed E-state index contributed by atoms with van der Waals surface area (Å²) in [5.41, 5.74) is 0.0425. The minimum Gasteiger partial charge on any atom is -0.369 e. The van der Waals surface area contributed by atoms with Gasteiger partial charge in [-0.15, -0.1) is 0 Å². The topological polar surface area (TPSA) is 52.4 Å². The monoisotopic (exact) mass is 283 g/mol. The van der Waals surface area contributed by atoms with Gasteiger partial charge in [-0.2, -0.15) is 13.2 Å². The van der Waals surface area contributed by atoms with E-state index in [4.69, 9.17) is 11.6 Å². The molecule has 0 radical (unpaired) electrons. The molecular formula is C10H9ClF3NO3. The zero-order valence-corrected chi connectivity index (χ0v) is 9.90. The van der Waals surface area contributed by atoms with Crippen LogP contribution in [-0.2, 0) is 4.74 Å². The number of nitro groups is 1. The standard InChI is InChI=1S/C10H9ClF3NO3/c1-18-8(6-2-4-7(11)5-3-6)9(15(16)17)10(12,13)14/h2-5,8-9H,1H3. The van der Waals surface area contributed by atoms with Crippen LogP contribution in [0.25, 0.3) is 0 Å². The molecule has 0 aliphatic heterocycles. The fraction of sp³-hybridized carbons (Fsp3) is 0.400. The average molecular weight is 284 g/mol. The van der Waals surface area contributed by atoms with E-state index in [1.165, 1.54) is 24.3 Å². The molecule has 0 fully saturated rings. The number of alkyl halides is 3. The van der Waals surface area contributed by atoms with Gasteiger partial charge in [0, 0.05) is 17.1 Å². The second-order valence-electron chi connectivity index (χ2n) is 3.48. The Bertz CT molecular complexity index is 421. The first-order valence-electron chi connectivity index (χ1n) is 4.76. The van der Waals surface area contributed by atoms with Gasteiger partial charge in [-0.3, -0.25) is 10.1 Å². The van der Waals surface area contributed by atoms with Crippen molar-refractivity contribution in [3.05, 3.63) is 45.0 Å². The molecule has 4 nitrogen and oxygen atoms in total. The van der Waals surface area contributed by atoms with Crippen LogP contribution in [-0.4, -0.2) is 24.3 Å². The summed E-state index contributed by atoms with van der Waals surface area (Å²) in [7, 11) is 0.988. The van der Waals surface area contributed by atoms with Crippen LogP contribution in [0, 0.1) is 10.1 Å². The van der Waals surface area contributed by atoms with Gasteiger partial charge >= 0.3 is 12.2 Å². The zero-order valence-electron chi connectivity index (χ0n) is 9.15. The molecule has 0 amide bonds. The maximum absolute atomic E-state index is 12.6. The molecule has 0 aromatic heterocycles. The van der Waals surface area contributed by atoms with Crippen molar-refractivity contribution >= 4 is 11.6 Å². The highest BCUT2D eigenvalue weighted by atomic mass is 35.5. The molecule has 0 heterocycles. The number of hydrogen-bond donors (Lipinski definition) is 0. The first kappa shape index (κ1) is 14.7. The Hall–Kier alpha value is -1.34. The van der Waals surface area contributed by atoms with Crippen LogP contribution in [0.3, 0.4) is 0 Å². The molecule has 18 heavy (non-hydrogen) atoms. The summed E-state index contributed by atoms with van der Waals surface area (Å²) in [4.78, 5) is 9.17. The van der Waals surface area contributed by atoms with Gasteiger partial charge in [-0.25, -0.2) is 0 Å². The number of hydrogen-bond acceptors (Lipinski definition) is 3. The molecule has 1 rings (SSSR count). The highest BCUT2D eigenvalue weighted by molar-refractivity contribution is 6.30. The number of benzene rings is 1. The van der Waals surface area contributed by atoms with Crippen molar-refractivity contribution in [2.45, 2.75) is 18.3 Å². The van der Waals surface area contributed by atoms with Gasteiger partial charge in [0.05, 0.1) is 0 Å². The zero-order chi connectivity index (χ0) is 13.9. The van der Waals surface area contributed by atoms with Gasteiger partial charge < -0.3 is 4.74 Å². The van der Waals surface area contributed by atoms with Crippen LogP contribution in [0.5, 0.6) is 0 Å². The molecule has 2 atom stereocenters. The Morgan fingerprint density at radius 3 is 2.17 bits per heavy atom. The van der Waals surface area contributed by atoms with Crippen molar-refractivity contribution in [2.24, 2.45) is 0 Å². The highest BCUT2D eigenvalue weighted by Gasteiger charge is 2.55. The average Bonchev–Trinajstić information content (AvgIpc) is 2.24. The van der Waals surface area contributed by atoms with Gasteiger partial charge in [-0.05, 0) is 17.7 Å². The molecular weight excluding hydrogens is 275 g/mol. The third-order valence-electron chi connectivity index (χ3n) is 2.30. The number of halogens is 4. The van der Waals surface area contributed by atoms with E-state index in [0.717, 1.165) is 7.11 Å². The molecule has 8 heteroatoms. The molecule has 100 valence electrons. The lowest BCUT2D eigenvalue weighted by molar-refractivity contribution is -0.576. The van der Waals surface area contributed by atoms with E-state index in [1.54, 1.807) is 0 Å². The van der Waals surface area contributed by atoms with Crippen LogP contribution in [0.15, 0.2) is 24.3 Å². The molecule has 0 aliphatic rings. The van der Waals surface area contributed by atoms with E-state index in [1.807, 2.05) is 0 Å². The van der Waals surface area contributed by atoms with E-state index in [-0.39, 0.29) is 5.56 Å². The van der Waals surface area contributed by atoms with E-state index >= 15 is 0 Å². The van der Waals surface area contributed by atoms with Gasteiger partial charge in [0.25, 0.3) is 0 Å². The summed E-state index contributed by atoms with van der Waals surface area (Å²) >= 11 is 5.59. The van der Waals surface area contributed by atoms with Gasteiger partial charge in [0.1, 0.15) is 0 Å². The maximum atomic E-state index is 12.6. The Kier molecular flexibility index (Phi) is 4.53. The van der Waals surface area contributed by atoms with Crippen LogP contribution < -0.4 is 0 Å². The van der Waals surface area contributed by atoms with Crippen LogP contribution in [0.4, 0.5) is 13.2 Å². The molecule has 0 spiro atoms. The first-order chi connectivity index (χ1) is 8.27. The number of methoxy groups -OCH3 is 1. The van der Waals surface area contributed by atoms with Crippen LogP contribution in [0.2, 0.25) is 5.02 Å². The predicted molar refractivity (Wildman–Crippen MR) is 58.0 cm³/mol. The smallest absolute Gasteiger partial charge is 0.369 e. The summed E-state index contributed by atoms with van der Waals surface area (Å²) in [6.07, 6.45) is -6.71. The second kappa shape index (κ2) is 5.53. The quantitative estimate of drug-likeness (QED) is 0.629. The SMILES string of the molecule is COC(c1ccc(Cl)cc1)C([N+](=O)[O-])C(F)(F)F. The lowest BCUT2D eigenvalue weighted by atomic mass is 10.0. The summed E-state index contributed by atoms with van der Waals surface area (Å²) in [6, 6.07) is 2.40.